The molecule has 0 bridgehead atoms. The van der Waals surface area contributed by atoms with Crippen molar-refractivity contribution in [1.29, 1.82) is 0 Å². The van der Waals surface area contributed by atoms with Crippen molar-refractivity contribution in [2.24, 2.45) is 5.92 Å². The lowest BCUT2D eigenvalue weighted by Crippen LogP contribution is -2.41. The molecule has 3 heterocycles. The minimum Gasteiger partial charge on any atom is -0.393 e. The van der Waals surface area contributed by atoms with Crippen molar-refractivity contribution in [2.75, 3.05) is 18.4 Å². The monoisotopic (exact) mass is 457 g/mol. The number of aryl methyl sites for hydroxylation is 2. The zero-order valence-electron chi connectivity index (χ0n) is 19.9. The fourth-order valence-corrected chi connectivity index (χ4v) is 4.76. The number of aromatic nitrogens is 3. The van der Waals surface area contributed by atoms with Gasteiger partial charge in [0.15, 0.2) is 0 Å². The van der Waals surface area contributed by atoms with Crippen LogP contribution in [-0.4, -0.2) is 49.9 Å². The maximum absolute atomic E-state index is 13.1. The van der Waals surface area contributed by atoms with Crippen molar-refractivity contribution in [1.82, 2.24) is 19.7 Å². The number of amides is 1. The summed E-state index contributed by atoms with van der Waals surface area (Å²) >= 11 is 0. The van der Waals surface area contributed by atoms with Crippen LogP contribution in [0, 0.1) is 19.8 Å². The van der Waals surface area contributed by atoms with Gasteiger partial charge in [-0.05, 0) is 73.7 Å². The molecule has 0 aliphatic carbocycles. The number of carbonyl (C=O) groups excluding carboxylic acids is 1. The number of carbonyl (C=O) groups is 1. The molecule has 2 aromatic heterocycles. The number of fused-ring (bicyclic) bond motifs is 1. The van der Waals surface area contributed by atoms with E-state index in [2.05, 4.69) is 57.2 Å². The van der Waals surface area contributed by atoms with Gasteiger partial charge in [0.05, 0.1) is 11.6 Å². The van der Waals surface area contributed by atoms with Crippen LogP contribution >= 0.6 is 0 Å². The molecule has 7 nitrogen and oxygen atoms in total. The maximum atomic E-state index is 13.1. The summed E-state index contributed by atoms with van der Waals surface area (Å²) in [5.41, 5.74) is 6.40. The number of piperidine rings is 1. The summed E-state index contributed by atoms with van der Waals surface area (Å²) < 4.78 is 2.08. The third-order valence-corrected chi connectivity index (χ3v) is 6.73. The van der Waals surface area contributed by atoms with E-state index in [4.69, 9.17) is 0 Å². The van der Waals surface area contributed by atoms with Crippen LogP contribution in [0.3, 0.4) is 0 Å². The van der Waals surface area contributed by atoms with Gasteiger partial charge in [0.1, 0.15) is 0 Å². The maximum Gasteiger partial charge on any atom is 0.255 e. The van der Waals surface area contributed by atoms with Crippen LogP contribution in [0.15, 0.2) is 54.9 Å². The summed E-state index contributed by atoms with van der Waals surface area (Å²) in [4.78, 5) is 15.5. The van der Waals surface area contributed by atoms with Crippen LogP contribution in [0.1, 0.15) is 40.5 Å². The van der Waals surface area contributed by atoms with Crippen LogP contribution < -0.4 is 5.32 Å². The van der Waals surface area contributed by atoms with Crippen LogP contribution in [0.2, 0.25) is 0 Å². The number of aliphatic hydroxyl groups is 1. The molecule has 3 N–H and O–H groups in total. The summed E-state index contributed by atoms with van der Waals surface area (Å²) in [5.74, 6) is 0.0906. The average Bonchev–Trinajstić information content (AvgIpc) is 3.41. The van der Waals surface area contributed by atoms with Crippen LogP contribution in [0.4, 0.5) is 5.69 Å². The average molecular weight is 458 g/mol. The highest BCUT2D eigenvalue weighted by Gasteiger charge is 2.24. The number of likely N-dealkylation sites (tertiary alicyclic amines) is 1. The summed E-state index contributed by atoms with van der Waals surface area (Å²) in [7, 11) is 0. The topological polar surface area (TPSA) is 86.2 Å². The fraction of sp³-hybridized carbons (Fsp3) is 0.333. The number of aromatic amines is 1. The predicted octanol–water partition coefficient (Wildman–Crippen LogP) is 4.43. The molecular formula is C27H31N5O2. The Bertz CT molecular complexity index is 1340. The highest BCUT2D eigenvalue weighted by molar-refractivity contribution is 6.06. The normalized spacial score (nSPS) is 18.9. The summed E-state index contributed by atoms with van der Waals surface area (Å²) in [6, 6.07) is 13.9. The first-order valence-electron chi connectivity index (χ1n) is 11.8. The highest BCUT2D eigenvalue weighted by Crippen LogP contribution is 2.24. The second kappa shape index (κ2) is 9.08. The molecule has 176 valence electrons. The standard InChI is InChI=1S/C27H31N5O2/c1-17-6-9-32(14-17)23-11-20(16-31-8-7-26(33)18(2)15-31)10-22(13-23)28-27(34)21-4-5-24-19(3)29-30-25(24)12-21/h4-6,9-14,18,26,33H,7-8,15-16H2,1-3H3,(H,28,34)(H,29,30). The molecule has 2 aromatic carbocycles. The molecule has 7 heteroatoms. The van der Waals surface area contributed by atoms with Crippen molar-refractivity contribution in [3.05, 3.63) is 77.2 Å². The number of H-pyrrole nitrogens is 1. The summed E-state index contributed by atoms with van der Waals surface area (Å²) in [6.45, 7) is 8.62. The third kappa shape index (κ3) is 4.62. The number of rotatable bonds is 5. The molecule has 2 unspecified atom stereocenters. The van der Waals surface area contributed by atoms with Gasteiger partial charge in [0, 0.05) is 60.0 Å². The van der Waals surface area contributed by atoms with Gasteiger partial charge in [0.2, 0.25) is 0 Å². The Morgan fingerprint density at radius 3 is 2.82 bits per heavy atom. The third-order valence-electron chi connectivity index (χ3n) is 6.73. The second-order valence-electron chi connectivity index (χ2n) is 9.59. The second-order valence-corrected chi connectivity index (χ2v) is 9.59. The van der Waals surface area contributed by atoms with E-state index in [1.54, 1.807) is 0 Å². The fourth-order valence-electron chi connectivity index (χ4n) is 4.76. The van der Waals surface area contributed by atoms with Crippen molar-refractivity contribution in [2.45, 2.75) is 39.8 Å². The first-order valence-corrected chi connectivity index (χ1v) is 11.8. The van der Waals surface area contributed by atoms with Gasteiger partial charge >= 0.3 is 0 Å². The molecule has 5 rings (SSSR count). The lowest BCUT2D eigenvalue weighted by Gasteiger charge is -2.34. The van der Waals surface area contributed by atoms with Crippen molar-refractivity contribution >= 4 is 22.5 Å². The van der Waals surface area contributed by atoms with Gasteiger partial charge < -0.3 is 15.0 Å². The number of aliphatic hydroxyl groups excluding tert-OH is 1. The molecule has 1 aliphatic rings. The molecule has 34 heavy (non-hydrogen) atoms. The molecule has 1 fully saturated rings. The van der Waals surface area contributed by atoms with Crippen LogP contribution in [0.25, 0.3) is 16.6 Å². The number of hydrogen-bond donors (Lipinski definition) is 3. The zero-order chi connectivity index (χ0) is 23.8. The molecule has 0 saturated carbocycles. The minimum atomic E-state index is -0.226. The Balaban J connectivity index is 1.42. The molecular weight excluding hydrogens is 426 g/mol. The van der Waals surface area contributed by atoms with Crippen LogP contribution in [0.5, 0.6) is 0 Å². The van der Waals surface area contributed by atoms with E-state index < -0.39 is 0 Å². The first-order chi connectivity index (χ1) is 16.4. The SMILES string of the molecule is Cc1ccn(-c2cc(CN3CCC(O)C(C)C3)cc(NC(=O)c3ccc4c(C)[nH]nc4c3)c2)c1. The molecule has 0 radical (unpaired) electrons. The van der Waals surface area contributed by atoms with Gasteiger partial charge in [-0.2, -0.15) is 5.10 Å². The minimum absolute atomic E-state index is 0.163. The van der Waals surface area contributed by atoms with Gasteiger partial charge in [-0.3, -0.25) is 14.8 Å². The number of hydrogen-bond acceptors (Lipinski definition) is 4. The Morgan fingerprint density at radius 1 is 1.21 bits per heavy atom. The predicted molar refractivity (Wildman–Crippen MR) is 134 cm³/mol. The number of nitrogens with one attached hydrogen (secondary N) is 2. The van der Waals surface area contributed by atoms with E-state index in [1.165, 1.54) is 5.56 Å². The van der Waals surface area contributed by atoms with E-state index in [0.717, 1.165) is 59.6 Å². The number of benzene rings is 2. The first kappa shape index (κ1) is 22.4. The summed E-state index contributed by atoms with van der Waals surface area (Å²) in [6.07, 6.45) is 4.68. The van der Waals surface area contributed by atoms with Crippen molar-refractivity contribution in [3.8, 4) is 5.69 Å². The molecule has 2 atom stereocenters. The Morgan fingerprint density at radius 2 is 2.06 bits per heavy atom. The number of anilines is 1. The highest BCUT2D eigenvalue weighted by atomic mass is 16.3. The molecule has 0 spiro atoms. The molecule has 1 aliphatic heterocycles. The molecule has 1 saturated heterocycles. The lowest BCUT2D eigenvalue weighted by molar-refractivity contribution is 0.0320. The summed E-state index contributed by atoms with van der Waals surface area (Å²) in [5, 5.41) is 21.5. The number of nitrogens with zero attached hydrogens (tertiary/aromatic N) is 3. The van der Waals surface area contributed by atoms with E-state index in [1.807, 2.05) is 43.5 Å². The van der Waals surface area contributed by atoms with Gasteiger partial charge in [0.25, 0.3) is 5.91 Å². The Kier molecular flexibility index (Phi) is 5.98. The zero-order valence-corrected chi connectivity index (χ0v) is 19.9. The lowest BCUT2D eigenvalue weighted by atomic mass is 9.96. The van der Waals surface area contributed by atoms with Crippen molar-refractivity contribution < 1.29 is 9.90 Å². The molecule has 4 aromatic rings. The van der Waals surface area contributed by atoms with E-state index in [-0.39, 0.29) is 17.9 Å². The van der Waals surface area contributed by atoms with Gasteiger partial charge in [-0.15, -0.1) is 0 Å². The van der Waals surface area contributed by atoms with Gasteiger partial charge in [-0.25, -0.2) is 0 Å². The quantitative estimate of drug-likeness (QED) is 0.414. The smallest absolute Gasteiger partial charge is 0.255 e. The van der Waals surface area contributed by atoms with Gasteiger partial charge in [-0.1, -0.05) is 13.0 Å². The van der Waals surface area contributed by atoms with Crippen molar-refractivity contribution in [3.63, 3.8) is 0 Å². The van der Waals surface area contributed by atoms with E-state index in [0.29, 0.717) is 5.56 Å². The largest absolute Gasteiger partial charge is 0.393 e. The van der Waals surface area contributed by atoms with E-state index in [9.17, 15) is 9.90 Å². The molecule has 1 amide bonds. The van der Waals surface area contributed by atoms with Crippen LogP contribution in [-0.2, 0) is 6.54 Å². The Hall–Kier alpha value is -3.42. The van der Waals surface area contributed by atoms with E-state index >= 15 is 0 Å². The Labute approximate surface area is 199 Å².